The minimum atomic E-state index is -2.96. The van der Waals surface area contributed by atoms with Crippen molar-refractivity contribution in [2.24, 2.45) is 4.99 Å². The van der Waals surface area contributed by atoms with Gasteiger partial charge < -0.3 is 15.4 Å². The highest BCUT2D eigenvalue weighted by molar-refractivity contribution is 7.90. The van der Waals surface area contributed by atoms with Crippen molar-refractivity contribution in [1.82, 2.24) is 10.6 Å². The fourth-order valence-electron chi connectivity index (χ4n) is 2.57. The largest absolute Gasteiger partial charge is 0.497 e. The molecule has 1 heterocycles. The Kier molecular flexibility index (Phi) is 8.32. The van der Waals surface area contributed by atoms with Crippen LogP contribution in [0.2, 0.25) is 0 Å². The molecule has 0 spiro atoms. The van der Waals surface area contributed by atoms with Crippen molar-refractivity contribution in [2.75, 3.05) is 25.7 Å². The average Bonchev–Trinajstić information content (AvgIpc) is 3.13. The van der Waals surface area contributed by atoms with Gasteiger partial charge in [-0.05, 0) is 55.0 Å². The predicted octanol–water partition coefficient (Wildman–Crippen LogP) is 3.30. The summed E-state index contributed by atoms with van der Waals surface area (Å²) < 4.78 is 27.9. The molecule has 0 radical (unpaired) electrons. The molecule has 0 saturated carbocycles. The summed E-state index contributed by atoms with van der Waals surface area (Å²) in [5.74, 6) is 1.70. The molecule has 8 heteroatoms. The lowest BCUT2D eigenvalue weighted by Crippen LogP contribution is -2.42. The predicted molar refractivity (Wildman–Crippen MR) is 118 cm³/mol. The number of nitrogens with zero attached hydrogens (tertiary/aromatic N) is 1. The van der Waals surface area contributed by atoms with E-state index in [0.29, 0.717) is 18.9 Å². The first kappa shape index (κ1) is 22.2. The molecule has 2 rings (SSSR count). The molecule has 6 nitrogen and oxygen atoms in total. The van der Waals surface area contributed by atoms with E-state index < -0.39 is 9.84 Å². The van der Waals surface area contributed by atoms with Gasteiger partial charge >= 0.3 is 0 Å². The zero-order valence-electron chi connectivity index (χ0n) is 16.9. The van der Waals surface area contributed by atoms with Gasteiger partial charge in [0.05, 0.1) is 19.4 Å². The summed E-state index contributed by atoms with van der Waals surface area (Å²) in [7, 11) is -1.30. The molecule has 28 heavy (non-hydrogen) atoms. The van der Waals surface area contributed by atoms with E-state index in [1.807, 2.05) is 38.1 Å². The molecule has 0 aliphatic heterocycles. The van der Waals surface area contributed by atoms with Crippen molar-refractivity contribution in [3.63, 3.8) is 0 Å². The summed E-state index contributed by atoms with van der Waals surface area (Å²) in [6, 6.07) is 10.2. The number of nitrogens with one attached hydrogen (secondary N) is 2. The summed E-state index contributed by atoms with van der Waals surface area (Å²) in [5, 5.41) is 8.62. The van der Waals surface area contributed by atoms with E-state index in [9.17, 15) is 8.42 Å². The minimum Gasteiger partial charge on any atom is -0.497 e. The van der Waals surface area contributed by atoms with E-state index in [1.165, 1.54) is 6.26 Å². The molecule has 2 aromatic rings. The SMILES string of the molecule is CCNC(=NCc1cc(-c2ccc(OC)cc2)cs1)NC(C)CCS(C)(=O)=O. The first-order chi connectivity index (χ1) is 13.3. The van der Waals surface area contributed by atoms with E-state index in [-0.39, 0.29) is 11.8 Å². The lowest BCUT2D eigenvalue weighted by atomic mass is 10.1. The van der Waals surface area contributed by atoms with Crippen molar-refractivity contribution in [2.45, 2.75) is 32.9 Å². The van der Waals surface area contributed by atoms with Crippen molar-refractivity contribution in [3.8, 4) is 16.9 Å². The topological polar surface area (TPSA) is 79.8 Å². The standard InChI is InChI=1S/C20H29N3O3S2/c1-5-21-20(23-15(2)10-11-28(4,24)25)22-13-19-12-17(14-27-19)16-6-8-18(26-3)9-7-16/h6-9,12,14-15H,5,10-11,13H2,1-4H3,(H2,21,22,23). The van der Waals surface area contributed by atoms with Crippen LogP contribution < -0.4 is 15.4 Å². The molecule has 1 atom stereocenters. The number of benzene rings is 1. The fraction of sp³-hybridized carbons (Fsp3) is 0.450. The minimum absolute atomic E-state index is 0.0192. The Bertz CT molecular complexity index is 874. The summed E-state index contributed by atoms with van der Waals surface area (Å²) in [6.07, 6.45) is 1.81. The van der Waals surface area contributed by atoms with Gasteiger partial charge in [0.1, 0.15) is 15.6 Å². The van der Waals surface area contributed by atoms with Crippen molar-refractivity contribution < 1.29 is 13.2 Å². The maximum Gasteiger partial charge on any atom is 0.191 e. The normalized spacial score (nSPS) is 13.2. The number of thiophene rings is 1. The van der Waals surface area contributed by atoms with Crippen LogP contribution in [0.25, 0.3) is 11.1 Å². The highest BCUT2D eigenvalue weighted by Gasteiger charge is 2.10. The number of methoxy groups -OCH3 is 1. The molecular weight excluding hydrogens is 394 g/mol. The Hall–Kier alpha value is -2.06. The van der Waals surface area contributed by atoms with Gasteiger partial charge in [0.25, 0.3) is 0 Å². The Balaban J connectivity index is 1.99. The molecule has 1 aromatic carbocycles. The fourth-order valence-corrected chi connectivity index (χ4v) is 4.17. The van der Waals surface area contributed by atoms with Crippen LogP contribution in [0, 0.1) is 0 Å². The maximum absolute atomic E-state index is 11.3. The number of sulfone groups is 1. The molecule has 0 fully saturated rings. The molecule has 1 unspecified atom stereocenters. The second kappa shape index (κ2) is 10.5. The Morgan fingerprint density at radius 3 is 2.57 bits per heavy atom. The number of rotatable bonds is 9. The second-order valence-corrected chi connectivity index (χ2v) is 9.94. The molecule has 0 aliphatic rings. The van der Waals surface area contributed by atoms with Gasteiger partial charge in [-0.25, -0.2) is 13.4 Å². The van der Waals surface area contributed by atoms with Crippen molar-refractivity contribution in [3.05, 3.63) is 40.6 Å². The monoisotopic (exact) mass is 423 g/mol. The van der Waals surface area contributed by atoms with Gasteiger partial charge in [0.15, 0.2) is 5.96 Å². The lowest BCUT2D eigenvalue weighted by Gasteiger charge is -2.17. The first-order valence-electron chi connectivity index (χ1n) is 9.25. The average molecular weight is 424 g/mol. The second-order valence-electron chi connectivity index (χ2n) is 6.69. The summed E-state index contributed by atoms with van der Waals surface area (Å²) in [5.41, 5.74) is 2.31. The van der Waals surface area contributed by atoms with Crippen LogP contribution in [0.1, 0.15) is 25.1 Å². The Morgan fingerprint density at radius 1 is 1.25 bits per heavy atom. The summed E-state index contributed by atoms with van der Waals surface area (Å²) >= 11 is 1.67. The van der Waals surface area contributed by atoms with Gasteiger partial charge in [0.2, 0.25) is 0 Å². The maximum atomic E-state index is 11.3. The Labute approximate surface area is 172 Å². The van der Waals surface area contributed by atoms with Crippen LogP contribution in [-0.2, 0) is 16.4 Å². The number of hydrogen-bond acceptors (Lipinski definition) is 5. The van der Waals surface area contributed by atoms with Crippen molar-refractivity contribution >= 4 is 27.1 Å². The van der Waals surface area contributed by atoms with Crippen LogP contribution in [0.4, 0.5) is 0 Å². The molecule has 0 amide bonds. The van der Waals surface area contributed by atoms with E-state index in [0.717, 1.165) is 28.3 Å². The zero-order chi connectivity index (χ0) is 20.6. The smallest absolute Gasteiger partial charge is 0.191 e. The molecule has 1 aromatic heterocycles. The van der Waals surface area contributed by atoms with Crippen LogP contribution in [0.3, 0.4) is 0 Å². The van der Waals surface area contributed by atoms with Gasteiger partial charge in [-0.2, -0.15) is 0 Å². The molecular formula is C20H29N3O3S2. The quantitative estimate of drug-likeness (QED) is 0.478. The molecule has 0 saturated heterocycles. The van der Waals surface area contributed by atoms with Gasteiger partial charge in [-0.1, -0.05) is 12.1 Å². The molecule has 154 valence electrons. The van der Waals surface area contributed by atoms with Gasteiger partial charge in [-0.15, -0.1) is 11.3 Å². The van der Waals surface area contributed by atoms with E-state index in [4.69, 9.17) is 4.74 Å². The number of aliphatic imine (C=N–C) groups is 1. The van der Waals surface area contributed by atoms with Crippen molar-refractivity contribution in [1.29, 1.82) is 0 Å². The number of hydrogen-bond donors (Lipinski definition) is 2. The van der Waals surface area contributed by atoms with E-state index >= 15 is 0 Å². The summed E-state index contributed by atoms with van der Waals surface area (Å²) in [6.45, 7) is 5.28. The van der Waals surface area contributed by atoms with Crippen LogP contribution in [-0.4, -0.2) is 46.1 Å². The first-order valence-corrected chi connectivity index (χ1v) is 12.2. The third-order valence-electron chi connectivity index (χ3n) is 4.12. The number of ether oxygens (including phenoxy) is 1. The van der Waals surface area contributed by atoms with Gasteiger partial charge in [0, 0.05) is 23.7 Å². The van der Waals surface area contributed by atoms with Crippen LogP contribution in [0.15, 0.2) is 40.7 Å². The molecule has 0 bridgehead atoms. The van der Waals surface area contributed by atoms with E-state index in [1.54, 1.807) is 18.4 Å². The van der Waals surface area contributed by atoms with E-state index in [2.05, 4.69) is 27.1 Å². The van der Waals surface area contributed by atoms with Crippen LogP contribution in [0.5, 0.6) is 5.75 Å². The van der Waals surface area contributed by atoms with Crippen LogP contribution >= 0.6 is 11.3 Å². The molecule has 2 N–H and O–H groups in total. The van der Waals surface area contributed by atoms with Gasteiger partial charge in [-0.3, -0.25) is 0 Å². The highest BCUT2D eigenvalue weighted by Crippen LogP contribution is 2.27. The highest BCUT2D eigenvalue weighted by atomic mass is 32.2. The summed E-state index contributed by atoms with van der Waals surface area (Å²) in [4.78, 5) is 5.80. The third kappa shape index (κ3) is 7.52. The molecule has 0 aliphatic carbocycles. The third-order valence-corrected chi connectivity index (χ3v) is 6.02. The Morgan fingerprint density at radius 2 is 1.96 bits per heavy atom. The number of guanidine groups is 1. The lowest BCUT2D eigenvalue weighted by molar-refractivity contribution is 0.415. The zero-order valence-corrected chi connectivity index (χ0v) is 18.5.